The largest absolute Gasteiger partial charge is 0.396 e. The summed E-state index contributed by atoms with van der Waals surface area (Å²) in [6, 6.07) is 3.74. The maximum absolute atomic E-state index is 5.95. The van der Waals surface area contributed by atoms with E-state index in [-0.39, 0.29) is 0 Å². The number of anilines is 1. The van der Waals surface area contributed by atoms with E-state index < -0.39 is 0 Å². The molecule has 0 fully saturated rings. The summed E-state index contributed by atoms with van der Waals surface area (Å²) in [5.41, 5.74) is 7.72. The Morgan fingerprint density at radius 1 is 1.11 bits per heavy atom. The average molecular weight is 317 g/mol. The van der Waals surface area contributed by atoms with E-state index in [0.717, 1.165) is 4.47 Å². The molecule has 3 rings (SSSR count). The van der Waals surface area contributed by atoms with Crippen LogP contribution >= 0.6 is 15.9 Å². The molecule has 2 N–H and O–H groups in total. The van der Waals surface area contributed by atoms with E-state index in [9.17, 15) is 0 Å². The topological polar surface area (TPSA) is 82.5 Å². The van der Waals surface area contributed by atoms with Gasteiger partial charge < -0.3 is 5.73 Å². The van der Waals surface area contributed by atoms with Crippen molar-refractivity contribution in [2.24, 2.45) is 0 Å². The number of hydrogen-bond donors (Lipinski definition) is 1. The first kappa shape index (κ1) is 11.8. The SMILES string of the molecule is Nc1cn(-c2ccc(Br)cn2)nc1-c1cnccn1. The van der Waals surface area contributed by atoms with Gasteiger partial charge in [0.2, 0.25) is 0 Å². The van der Waals surface area contributed by atoms with Crippen molar-refractivity contribution in [3.05, 3.63) is 47.6 Å². The van der Waals surface area contributed by atoms with E-state index in [4.69, 9.17) is 5.73 Å². The molecule has 94 valence electrons. The summed E-state index contributed by atoms with van der Waals surface area (Å²) in [6.45, 7) is 0. The number of halogens is 1. The van der Waals surface area contributed by atoms with Gasteiger partial charge in [0, 0.05) is 23.1 Å². The molecule has 0 amide bonds. The van der Waals surface area contributed by atoms with Gasteiger partial charge in [0.15, 0.2) is 5.82 Å². The molecule has 19 heavy (non-hydrogen) atoms. The molecule has 6 nitrogen and oxygen atoms in total. The number of hydrogen-bond acceptors (Lipinski definition) is 5. The Hall–Kier alpha value is -2.28. The van der Waals surface area contributed by atoms with Gasteiger partial charge >= 0.3 is 0 Å². The van der Waals surface area contributed by atoms with Crippen molar-refractivity contribution < 1.29 is 0 Å². The van der Waals surface area contributed by atoms with Crippen LogP contribution in [0.4, 0.5) is 5.69 Å². The van der Waals surface area contributed by atoms with Crippen molar-refractivity contribution in [2.45, 2.75) is 0 Å². The highest BCUT2D eigenvalue weighted by Gasteiger charge is 2.11. The van der Waals surface area contributed by atoms with Crippen LogP contribution in [0.1, 0.15) is 0 Å². The first-order chi connectivity index (χ1) is 9.24. The lowest BCUT2D eigenvalue weighted by Crippen LogP contribution is -1.97. The number of nitrogens with two attached hydrogens (primary N) is 1. The Labute approximate surface area is 117 Å². The lowest BCUT2D eigenvalue weighted by Gasteiger charge is -1.99. The second-order valence-corrected chi connectivity index (χ2v) is 4.72. The molecule has 0 aliphatic rings. The third kappa shape index (κ3) is 2.32. The standard InChI is InChI=1S/C12H9BrN6/c13-8-1-2-11(17-5-8)19-7-9(14)12(18-19)10-6-15-3-4-16-10/h1-7H,14H2. The molecule has 0 spiro atoms. The predicted molar refractivity (Wildman–Crippen MR) is 74.5 cm³/mol. The zero-order chi connectivity index (χ0) is 13.2. The maximum atomic E-state index is 5.95. The van der Waals surface area contributed by atoms with Gasteiger partial charge in [-0.1, -0.05) is 0 Å². The Morgan fingerprint density at radius 2 is 2.00 bits per heavy atom. The number of aromatic nitrogens is 5. The second-order valence-electron chi connectivity index (χ2n) is 3.80. The number of pyridine rings is 1. The molecule has 0 unspecified atom stereocenters. The van der Waals surface area contributed by atoms with Gasteiger partial charge in [-0.2, -0.15) is 5.10 Å². The molecule has 0 radical (unpaired) electrons. The summed E-state index contributed by atoms with van der Waals surface area (Å²) < 4.78 is 2.52. The molecular formula is C12H9BrN6. The Balaban J connectivity index is 2.04. The first-order valence-corrected chi connectivity index (χ1v) is 6.27. The van der Waals surface area contributed by atoms with Gasteiger partial charge in [-0.05, 0) is 28.1 Å². The molecule has 3 heterocycles. The van der Waals surface area contributed by atoms with Crippen LogP contribution in [0.5, 0.6) is 0 Å². The fourth-order valence-corrected chi connectivity index (χ4v) is 1.86. The first-order valence-electron chi connectivity index (χ1n) is 5.47. The minimum Gasteiger partial charge on any atom is -0.396 e. The van der Waals surface area contributed by atoms with Crippen molar-refractivity contribution in [2.75, 3.05) is 5.73 Å². The summed E-state index contributed by atoms with van der Waals surface area (Å²) in [5.74, 6) is 0.685. The molecule has 0 bridgehead atoms. The van der Waals surface area contributed by atoms with Gasteiger partial charge in [0.05, 0.1) is 18.1 Å². The number of rotatable bonds is 2. The van der Waals surface area contributed by atoms with E-state index in [2.05, 4.69) is 36.0 Å². The second kappa shape index (κ2) is 4.77. The molecule has 0 aliphatic heterocycles. The van der Waals surface area contributed by atoms with E-state index >= 15 is 0 Å². The van der Waals surface area contributed by atoms with Gasteiger partial charge in [-0.3, -0.25) is 9.97 Å². The monoisotopic (exact) mass is 316 g/mol. The lowest BCUT2D eigenvalue weighted by atomic mass is 10.3. The number of nitrogens with zero attached hydrogens (tertiary/aromatic N) is 5. The molecule has 0 aromatic carbocycles. The molecule has 0 saturated carbocycles. The van der Waals surface area contributed by atoms with E-state index in [0.29, 0.717) is 22.9 Å². The Bertz CT molecular complexity index is 692. The summed E-state index contributed by atoms with van der Waals surface area (Å²) in [4.78, 5) is 12.4. The van der Waals surface area contributed by atoms with Gasteiger partial charge in [-0.15, -0.1) is 0 Å². The quantitative estimate of drug-likeness (QED) is 0.782. The fourth-order valence-electron chi connectivity index (χ4n) is 1.63. The summed E-state index contributed by atoms with van der Waals surface area (Å²) in [5, 5.41) is 4.39. The molecule has 7 heteroatoms. The van der Waals surface area contributed by atoms with Gasteiger partial charge in [-0.25, -0.2) is 9.67 Å². The smallest absolute Gasteiger partial charge is 0.153 e. The van der Waals surface area contributed by atoms with E-state index in [1.54, 1.807) is 35.7 Å². The van der Waals surface area contributed by atoms with E-state index in [1.807, 2.05) is 12.1 Å². The zero-order valence-electron chi connectivity index (χ0n) is 9.73. The van der Waals surface area contributed by atoms with E-state index in [1.165, 1.54) is 0 Å². The lowest BCUT2D eigenvalue weighted by molar-refractivity contribution is 0.847. The fraction of sp³-hybridized carbons (Fsp3) is 0. The van der Waals surface area contributed by atoms with Crippen molar-refractivity contribution in [1.82, 2.24) is 24.7 Å². The van der Waals surface area contributed by atoms with Crippen molar-refractivity contribution in [3.8, 4) is 17.2 Å². The minimum atomic E-state index is 0.533. The van der Waals surface area contributed by atoms with Crippen LogP contribution in [0, 0.1) is 0 Å². The zero-order valence-corrected chi connectivity index (χ0v) is 11.3. The van der Waals surface area contributed by atoms with Crippen LogP contribution in [0.25, 0.3) is 17.2 Å². The molecule has 3 aromatic heterocycles. The Morgan fingerprint density at radius 3 is 2.68 bits per heavy atom. The summed E-state index contributed by atoms with van der Waals surface area (Å²) in [7, 11) is 0. The van der Waals surface area contributed by atoms with Crippen LogP contribution < -0.4 is 5.73 Å². The third-order valence-corrected chi connectivity index (χ3v) is 2.96. The van der Waals surface area contributed by atoms with Crippen LogP contribution in [-0.2, 0) is 0 Å². The molecule has 0 aliphatic carbocycles. The van der Waals surface area contributed by atoms with Crippen LogP contribution in [0.15, 0.2) is 47.6 Å². The third-order valence-electron chi connectivity index (χ3n) is 2.49. The number of nitrogen functional groups attached to an aromatic ring is 1. The van der Waals surface area contributed by atoms with Crippen LogP contribution in [0.3, 0.4) is 0 Å². The molecule has 0 saturated heterocycles. The molecule has 0 atom stereocenters. The van der Waals surface area contributed by atoms with Crippen LogP contribution in [0.2, 0.25) is 0 Å². The highest BCUT2D eigenvalue weighted by Crippen LogP contribution is 2.22. The molecule has 3 aromatic rings. The molecular weight excluding hydrogens is 308 g/mol. The maximum Gasteiger partial charge on any atom is 0.153 e. The Kier molecular flexibility index (Phi) is 2.96. The van der Waals surface area contributed by atoms with Crippen LogP contribution in [-0.4, -0.2) is 24.7 Å². The van der Waals surface area contributed by atoms with Crippen molar-refractivity contribution >= 4 is 21.6 Å². The van der Waals surface area contributed by atoms with Gasteiger partial charge in [0.25, 0.3) is 0 Å². The highest BCUT2D eigenvalue weighted by atomic mass is 79.9. The van der Waals surface area contributed by atoms with Gasteiger partial charge in [0.1, 0.15) is 11.4 Å². The highest BCUT2D eigenvalue weighted by molar-refractivity contribution is 9.10. The predicted octanol–water partition coefficient (Wildman–Crippen LogP) is 2.07. The van der Waals surface area contributed by atoms with Crippen molar-refractivity contribution in [3.63, 3.8) is 0 Å². The van der Waals surface area contributed by atoms with Crippen molar-refractivity contribution in [1.29, 1.82) is 0 Å². The summed E-state index contributed by atoms with van der Waals surface area (Å²) in [6.07, 6.45) is 8.24. The minimum absolute atomic E-state index is 0.533. The normalized spacial score (nSPS) is 10.6. The average Bonchev–Trinajstić information content (AvgIpc) is 2.83. The summed E-state index contributed by atoms with van der Waals surface area (Å²) >= 11 is 3.34.